The van der Waals surface area contributed by atoms with E-state index in [0.717, 1.165) is 17.7 Å². The predicted molar refractivity (Wildman–Crippen MR) is 101 cm³/mol. The van der Waals surface area contributed by atoms with Crippen molar-refractivity contribution < 1.29 is 13.5 Å². The summed E-state index contributed by atoms with van der Waals surface area (Å²) in [5, 5.41) is 0.519. The number of aromatic nitrogens is 1. The maximum absolute atomic E-state index is 12.8. The Hall–Kier alpha value is -2.47. The van der Waals surface area contributed by atoms with E-state index in [0.29, 0.717) is 28.6 Å². The zero-order valence-corrected chi connectivity index (χ0v) is 15.2. The minimum atomic E-state index is -2.94. The van der Waals surface area contributed by atoms with E-state index in [2.05, 4.69) is 19.6 Å². The summed E-state index contributed by atoms with van der Waals surface area (Å²) >= 11 is 6.06. The van der Waals surface area contributed by atoms with E-state index in [1.807, 2.05) is 18.6 Å². The highest BCUT2D eigenvalue weighted by molar-refractivity contribution is 6.30. The Morgan fingerprint density at radius 2 is 2.11 bits per heavy atom. The van der Waals surface area contributed by atoms with Crippen molar-refractivity contribution in [1.82, 2.24) is 9.88 Å². The number of halogens is 3. The molecular formula is C20H18ClF2N3O. The highest BCUT2D eigenvalue weighted by Gasteiger charge is 2.28. The van der Waals surface area contributed by atoms with Crippen LogP contribution in [0.5, 0.6) is 5.88 Å². The molecule has 0 N–H and O–H groups in total. The van der Waals surface area contributed by atoms with Crippen LogP contribution in [0.4, 0.5) is 8.78 Å². The van der Waals surface area contributed by atoms with Crippen molar-refractivity contribution >= 4 is 17.9 Å². The summed E-state index contributed by atoms with van der Waals surface area (Å²) in [6.07, 6.45) is 8.39. The summed E-state index contributed by atoms with van der Waals surface area (Å²) < 4.78 is 30.2. The van der Waals surface area contributed by atoms with Crippen LogP contribution in [0.1, 0.15) is 18.4 Å². The zero-order chi connectivity index (χ0) is 18.8. The molecule has 1 aliphatic heterocycles. The lowest BCUT2D eigenvalue weighted by molar-refractivity contribution is -0.0524. The third-order valence-electron chi connectivity index (χ3n) is 4.55. The second-order valence-electron chi connectivity index (χ2n) is 6.72. The van der Waals surface area contributed by atoms with E-state index >= 15 is 0 Å². The van der Waals surface area contributed by atoms with Gasteiger partial charge >= 0.3 is 6.61 Å². The molecule has 7 heteroatoms. The molecule has 1 aliphatic carbocycles. The third-order valence-corrected chi connectivity index (χ3v) is 4.78. The number of benzene rings is 1. The molecule has 0 bridgehead atoms. The van der Waals surface area contributed by atoms with E-state index in [1.54, 1.807) is 30.5 Å². The number of pyridine rings is 1. The Morgan fingerprint density at radius 1 is 1.26 bits per heavy atom. The van der Waals surface area contributed by atoms with Crippen LogP contribution in [0.25, 0.3) is 11.1 Å². The monoisotopic (exact) mass is 389 g/mol. The van der Waals surface area contributed by atoms with Crippen LogP contribution >= 0.6 is 11.6 Å². The third kappa shape index (κ3) is 4.45. The minimum absolute atomic E-state index is 0.105. The van der Waals surface area contributed by atoms with Gasteiger partial charge in [-0.05, 0) is 54.2 Å². The van der Waals surface area contributed by atoms with Gasteiger partial charge < -0.3 is 9.64 Å². The fraction of sp³-hybridized carbons (Fsp3) is 0.300. The molecule has 2 heterocycles. The van der Waals surface area contributed by atoms with Gasteiger partial charge in [-0.3, -0.25) is 0 Å². The molecule has 2 aliphatic rings. The van der Waals surface area contributed by atoms with E-state index in [9.17, 15) is 8.78 Å². The minimum Gasteiger partial charge on any atom is -0.416 e. The lowest BCUT2D eigenvalue weighted by Crippen LogP contribution is -2.29. The molecule has 1 fully saturated rings. The van der Waals surface area contributed by atoms with Gasteiger partial charge in [0.2, 0.25) is 5.88 Å². The molecule has 1 aromatic carbocycles. The number of rotatable bonds is 6. The number of nitrogens with zero attached hydrogens (tertiary/aromatic N) is 3. The number of ether oxygens (including phenoxy) is 1. The summed E-state index contributed by atoms with van der Waals surface area (Å²) in [5.41, 5.74) is 3.24. The number of alkyl halides is 2. The molecule has 4 nitrogen and oxygen atoms in total. The van der Waals surface area contributed by atoms with Crippen LogP contribution in [-0.2, 0) is 6.42 Å². The first-order valence-corrected chi connectivity index (χ1v) is 9.13. The van der Waals surface area contributed by atoms with E-state index < -0.39 is 6.61 Å². The van der Waals surface area contributed by atoms with Gasteiger partial charge in [0, 0.05) is 35.6 Å². The van der Waals surface area contributed by atoms with Crippen LogP contribution < -0.4 is 4.74 Å². The van der Waals surface area contributed by atoms with E-state index in [1.165, 1.54) is 12.8 Å². The lowest BCUT2D eigenvalue weighted by atomic mass is 10.0. The first-order valence-electron chi connectivity index (χ1n) is 8.75. The van der Waals surface area contributed by atoms with Gasteiger partial charge in [0.15, 0.2) is 0 Å². The first kappa shape index (κ1) is 17.9. The summed E-state index contributed by atoms with van der Waals surface area (Å²) in [7, 11) is 0. The zero-order valence-electron chi connectivity index (χ0n) is 14.5. The maximum Gasteiger partial charge on any atom is 0.388 e. The molecule has 1 aromatic heterocycles. The molecule has 0 atom stereocenters. The van der Waals surface area contributed by atoms with Crippen molar-refractivity contribution in [3.8, 4) is 17.0 Å². The average molecular weight is 390 g/mol. The summed E-state index contributed by atoms with van der Waals surface area (Å²) in [4.78, 5) is 10.7. The first-order chi connectivity index (χ1) is 13.1. The molecule has 27 heavy (non-hydrogen) atoms. The SMILES string of the molecule is FC(F)Oc1ncc(CC2=CN=CN(C3CC3)C2)cc1-c1cccc(Cl)c1. The number of aliphatic imine (C=N–C) groups is 1. The number of hydrogen-bond donors (Lipinski definition) is 0. The van der Waals surface area contributed by atoms with Gasteiger partial charge in [-0.2, -0.15) is 8.78 Å². The van der Waals surface area contributed by atoms with Crippen molar-refractivity contribution in [2.24, 2.45) is 4.99 Å². The van der Waals surface area contributed by atoms with Gasteiger partial charge in [-0.1, -0.05) is 23.7 Å². The molecule has 0 amide bonds. The average Bonchev–Trinajstić information content (AvgIpc) is 3.48. The smallest absolute Gasteiger partial charge is 0.388 e. The Bertz CT molecular complexity index is 897. The van der Waals surface area contributed by atoms with Crippen molar-refractivity contribution in [1.29, 1.82) is 0 Å². The molecule has 0 unspecified atom stereocenters. The van der Waals surface area contributed by atoms with Gasteiger partial charge in [0.25, 0.3) is 0 Å². The fourth-order valence-corrected chi connectivity index (χ4v) is 3.36. The van der Waals surface area contributed by atoms with Gasteiger partial charge in [-0.25, -0.2) is 9.98 Å². The van der Waals surface area contributed by atoms with Crippen LogP contribution in [0.15, 0.2) is 53.3 Å². The largest absolute Gasteiger partial charge is 0.416 e. The van der Waals surface area contributed by atoms with Crippen LogP contribution in [0.2, 0.25) is 5.02 Å². The van der Waals surface area contributed by atoms with E-state index in [-0.39, 0.29) is 5.88 Å². The standard InChI is InChI=1S/C20H18ClF2N3O/c21-16-3-1-2-15(8-16)18-7-13(10-25-19(18)27-20(22)23)6-14-9-24-12-26(11-14)17-4-5-17/h1-3,7-10,12,17,20H,4-6,11H2. The molecule has 140 valence electrons. The van der Waals surface area contributed by atoms with Crippen molar-refractivity contribution in [2.75, 3.05) is 6.54 Å². The highest BCUT2D eigenvalue weighted by atomic mass is 35.5. The topological polar surface area (TPSA) is 37.7 Å². The quantitative estimate of drug-likeness (QED) is 0.702. The van der Waals surface area contributed by atoms with Crippen LogP contribution in [0.3, 0.4) is 0 Å². The normalized spacial score (nSPS) is 16.6. The van der Waals surface area contributed by atoms with Crippen molar-refractivity contribution in [3.05, 3.63) is 58.9 Å². The van der Waals surface area contributed by atoms with Gasteiger partial charge in [0.05, 0.1) is 6.34 Å². The van der Waals surface area contributed by atoms with Gasteiger partial charge in [-0.15, -0.1) is 0 Å². The lowest BCUT2D eigenvalue weighted by Gasteiger charge is -2.23. The van der Waals surface area contributed by atoms with Crippen molar-refractivity contribution in [3.63, 3.8) is 0 Å². The molecule has 2 aromatic rings. The number of hydrogen-bond acceptors (Lipinski definition) is 4. The molecule has 0 spiro atoms. The summed E-state index contributed by atoms with van der Waals surface area (Å²) in [5.74, 6) is -0.105. The summed E-state index contributed by atoms with van der Waals surface area (Å²) in [6.45, 7) is -2.11. The molecule has 0 radical (unpaired) electrons. The summed E-state index contributed by atoms with van der Waals surface area (Å²) in [6, 6.07) is 9.43. The fourth-order valence-electron chi connectivity index (χ4n) is 3.17. The second kappa shape index (κ2) is 7.64. The molecule has 0 saturated heterocycles. The van der Waals surface area contributed by atoms with Crippen LogP contribution in [-0.4, -0.2) is 35.4 Å². The van der Waals surface area contributed by atoms with E-state index in [4.69, 9.17) is 11.6 Å². The Morgan fingerprint density at radius 3 is 2.85 bits per heavy atom. The molecule has 1 saturated carbocycles. The van der Waals surface area contributed by atoms with Gasteiger partial charge in [0.1, 0.15) is 0 Å². The second-order valence-corrected chi connectivity index (χ2v) is 7.15. The molecular weight excluding hydrogens is 372 g/mol. The van der Waals surface area contributed by atoms with Crippen molar-refractivity contribution in [2.45, 2.75) is 31.9 Å². The Balaban J connectivity index is 1.61. The maximum atomic E-state index is 12.8. The Kier molecular flexibility index (Phi) is 5.07. The molecule has 4 rings (SSSR count). The Labute approximate surface area is 161 Å². The van der Waals surface area contributed by atoms with Crippen LogP contribution in [0, 0.1) is 0 Å². The predicted octanol–water partition coefficient (Wildman–Crippen LogP) is 4.94. The highest BCUT2D eigenvalue weighted by Crippen LogP contribution is 2.33.